The van der Waals surface area contributed by atoms with Gasteiger partial charge >= 0.3 is 12.1 Å². The van der Waals surface area contributed by atoms with Crippen molar-refractivity contribution in [3.8, 4) is 11.6 Å². The minimum absolute atomic E-state index is 0.0342. The standard InChI is InChI=1S/C30H38F3N3O6/c1-4-5-13-29(28(38)39)16-23(34-17-20-15-21(30(31,32)33)11-12-24(20)40-2)26(22-9-6-10-25(35-22)41-3)36(29)27(37)19-8-7-14-42-18-19/h6,9-12,15,19,23,26,34H,4-5,7-8,13-14,16-18H2,1-3H3,(H,38,39). The first-order chi connectivity index (χ1) is 20.1. The SMILES string of the molecule is CCCCC1(C(=O)O)CC(NCc2cc(C(F)(F)F)ccc2OC)C(c2cccc(OC)n2)N1C(=O)C1CCCOC1. The summed E-state index contributed by atoms with van der Waals surface area (Å²) in [6.07, 6.45) is -1.79. The number of nitrogens with one attached hydrogen (secondary N) is 1. The largest absolute Gasteiger partial charge is 0.496 e. The molecule has 1 aromatic carbocycles. The second kappa shape index (κ2) is 13.3. The summed E-state index contributed by atoms with van der Waals surface area (Å²) in [7, 11) is 2.83. The van der Waals surface area contributed by atoms with Crippen molar-refractivity contribution in [3.05, 3.63) is 53.2 Å². The quantitative estimate of drug-likeness (QED) is 0.375. The summed E-state index contributed by atoms with van der Waals surface area (Å²) < 4.78 is 56.8. The van der Waals surface area contributed by atoms with Crippen LogP contribution in [0.25, 0.3) is 0 Å². The Balaban J connectivity index is 1.80. The number of aromatic nitrogens is 1. The number of rotatable bonds is 11. The Morgan fingerprint density at radius 1 is 1.21 bits per heavy atom. The molecule has 4 atom stereocenters. The van der Waals surface area contributed by atoms with E-state index in [1.54, 1.807) is 18.2 Å². The van der Waals surface area contributed by atoms with E-state index in [1.807, 2.05) is 6.92 Å². The maximum Gasteiger partial charge on any atom is 0.416 e. The van der Waals surface area contributed by atoms with Crippen molar-refractivity contribution < 1.29 is 42.1 Å². The molecule has 0 radical (unpaired) electrons. The summed E-state index contributed by atoms with van der Waals surface area (Å²) >= 11 is 0. The lowest BCUT2D eigenvalue weighted by Gasteiger charge is -2.40. The van der Waals surface area contributed by atoms with Gasteiger partial charge in [0.05, 0.1) is 44.0 Å². The van der Waals surface area contributed by atoms with Gasteiger partial charge in [-0.15, -0.1) is 0 Å². The smallest absolute Gasteiger partial charge is 0.416 e. The lowest BCUT2D eigenvalue weighted by atomic mass is 9.87. The third-order valence-electron chi connectivity index (χ3n) is 8.19. The minimum atomic E-state index is -4.55. The van der Waals surface area contributed by atoms with E-state index in [9.17, 15) is 27.9 Å². The number of halogens is 3. The zero-order valence-corrected chi connectivity index (χ0v) is 24.1. The third kappa shape index (κ3) is 6.49. The molecule has 4 rings (SSSR count). The molecule has 3 heterocycles. The van der Waals surface area contributed by atoms with Gasteiger partial charge in [0, 0.05) is 30.8 Å². The van der Waals surface area contributed by atoms with Crippen LogP contribution in [0.15, 0.2) is 36.4 Å². The van der Waals surface area contributed by atoms with Crippen molar-refractivity contribution in [1.29, 1.82) is 0 Å². The fraction of sp³-hybridized carbons (Fsp3) is 0.567. The molecule has 4 unspecified atom stereocenters. The molecule has 230 valence electrons. The Morgan fingerprint density at radius 3 is 2.62 bits per heavy atom. The van der Waals surface area contributed by atoms with Crippen LogP contribution >= 0.6 is 0 Å². The Kier molecular flexibility index (Phi) is 9.98. The van der Waals surface area contributed by atoms with Crippen LogP contribution < -0.4 is 14.8 Å². The summed E-state index contributed by atoms with van der Waals surface area (Å²) in [5.41, 5.74) is -1.71. The number of ether oxygens (including phenoxy) is 3. The molecule has 0 spiro atoms. The van der Waals surface area contributed by atoms with E-state index in [0.29, 0.717) is 43.9 Å². The normalized spacial score (nSPS) is 24.4. The van der Waals surface area contributed by atoms with Crippen LogP contribution in [0.3, 0.4) is 0 Å². The highest BCUT2D eigenvalue weighted by atomic mass is 19.4. The molecule has 0 aliphatic carbocycles. The molecular weight excluding hydrogens is 555 g/mol. The van der Waals surface area contributed by atoms with Crippen LogP contribution in [-0.4, -0.2) is 65.9 Å². The van der Waals surface area contributed by atoms with Crippen molar-refractivity contribution in [2.75, 3.05) is 27.4 Å². The molecule has 2 aromatic rings. The summed E-state index contributed by atoms with van der Waals surface area (Å²) in [5.74, 6) is -1.43. The van der Waals surface area contributed by atoms with Gasteiger partial charge < -0.3 is 29.5 Å². The van der Waals surface area contributed by atoms with Crippen LogP contribution in [0.1, 0.15) is 68.3 Å². The summed E-state index contributed by atoms with van der Waals surface area (Å²) in [6.45, 7) is 2.61. The van der Waals surface area contributed by atoms with Crippen molar-refractivity contribution in [2.45, 2.75) is 75.8 Å². The molecule has 1 amide bonds. The highest BCUT2D eigenvalue weighted by molar-refractivity contribution is 5.90. The van der Waals surface area contributed by atoms with E-state index in [4.69, 9.17) is 14.2 Å². The zero-order valence-electron chi connectivity index (χ0n) is 24.1. The molecule has 2 N–H and O–H groups in total. The Labute approximate surface area is 243 Å². The van der Waals surface area contributed by atoms with Crippen LogP contribution in [0.2, 0.25) is 0 Å². The van der Waals surface area contributed by atoms with Gasteiger partial charge in [-0.2, -0.15) is 13.2 Å². The fourth-order valence-corrected chi connectivity index (χ4v) is 6.05. The van der Waals surface area contributed by atoms with E-state index in [1.165, 1.54) is 25.2 Å². The number of hydrogen-bond donors (Lipinski definition) is 2. The first kappa shape index (κ1) is 31.6. The second-order valence-corrected chi connectivity index (χ2v) is 10.8. The number of carboxylic acids is 1. The van der Waals surface area contributed by atoms with Crippen molar-refractivity contribution in [1.82, 2.24) is 15.2 Å². The molecule has 2 saturated heterocycles. The summed E-state index contributed by atoms with van der Waals surface area (Å²) in [5, 5.41) is 14.0. The van der Waals surface area contributed by atoms with Crippen LogP contribution in [0.4, 0.5) is 13.2 Å². The van der Waals surface area contributed by atoms with E-state index >= 15 is 0 Å². The number of likely N-dealkylation sites (tertiary alicyclic amines) is 1. The van der Waals surface area contributed by atoms with E-state index < -0.39 is 41.2 Å². The predicted octanol–water partition coefficient (Wildman–Crippen LogP) is 4.99. The Morgan fingerprint density at radius 2 is 2.00 bits per heavy atom. The summed E-state index contributed by atoms with van der Waals surface area (Å²) in [6, 6.07) is 6.81. The predicted molar refractivity (Wildman–Crippen MR) is 147 cm³/mol. The number of nitrogens with zero attached hydrogens (tertiary/aromatic N) is 2. The number of pyridine rings is 1. The first-order valence-electron chi connectivity index (χ1n) is 14.2. The molecule has 1 aromatic heterocycles. The van der Waals surface area contributed by atoms with Crippen molar-refractivity contribution in [2.24, 2.45) is 5.92 Å². The van der Waals surface area contributed by atoms with Gasteiger partial charge in [0.25, 0.3) is 0 Å². The van der Waals surface area contributed by atoms with E-state index in [2.05, 4.69) is 10.3 Å². The number of alkyl halides is 3. The molecule has 0 bridgehead atoms. The third-order valence-corrected chi connectivity index (χ3v) is 8.19. The molecule has 2 aliphatic rings. The number of amides is 1. The number of aliphatic carboxylic acids is 1. The number of carboxylic acid groups (broad SMARTS) is 1. The Hall–Kier alpha value is -3.38. The summed E-state index contributed by atoms with van der Waals surface area (Å²) in [4.78, 5) is 33.5. The lowest BCUT2D eigenvalue weighted by Crippen LogP contribution is -2.56. The number of carbonyl (C=O) groups excluding carboxylic acids is 1. The van der Waals surface area contributed by atoms with Crippen LogP contribution in [0.5, 0.6) is 11.6 Å². The van der Waals surface area contributed by atoms with Gasteiger partial charge in [-0.25, -0.2) is 9.78 Å². The molecular formula is C30H38F3N3O6. The van der Waals surface area contributed by atoms with E-state index in [0.717, 1.165) is 12.1 Å². The molecule has 2 aliphatic heterocycles. The number of hydrogen-bond acceptors (Lipinski definition) is 7. The molecule has 42 heavy (non-hydrogen) atoms. The van der Waals surface area contributed by atoms with Gasteiger partial charge in [-0.1, -0.05) is 25.8 Å². The van der Waals surface area contributed by atoms with Gasteiger partial charge in [0.1, 0.15) is 11.3 Å². The van der Waals surface area contributed by atoms with Gasteiger partial charge in [0.15, 0.2) is 0 Å². The molecule has 9 nitrogen and oxygen atoms in total. The highest BCUT2D eigenvalue weighted by Crippen LogP contribution is 2.47. The monoisotopic (exact) mass is 593 g/mol. The lowest BCUT2D eigenvalue weighted by molar-refractivity contribution is -0.163. The average molecular weight is 594 g/mol. The highest BCUT2D eigenvalue weighted by Gasteiger charge is 2.59. The van der Waals surface area contributed by atoms with Gasteiger partial charge in [-0.05, 0) is 49.9 Å². The zero-order chi connectivity index (χ0) is 30.5. The maximum atomic E-state index is 14.2. The molecule has 12 heteroatoms. The second-order valence-electron chi connectivity index (χ2n) is 10.8. The molecule has 0 saturated carbocycles. The maximum absolute atomic E-state index is 14.2. The first-order valence-corrected chi connectivity index (χ1v) is 14.2. The van der Waals surface area contributed by atoms with Crippen molar-refractivity contribution >= 4 is 11.9 Å². The topological polar surface area (TPSA) is 110 Å². The minimum Gasteiger partial charge on any atom is -0.496 e. The fourth-order valence-electron chi connectivity index (χ4n) is 6.05. The molecule has 2 fully saturated rings. The number of unbranched alkanes of at least 4 members (excludes halogenated alkanes) is 1. The van der Waals surface area contributed by atoms with Crippen molar-refractivity contribution in [3.63, 3.8) is 0 Å². The average Bonchev–Trinajstić information content (AvgIpc) is 3.33. The number of carbonyl (C=O) groups is 2. The number of methoxy groups -OCH3 is 2. The van der Waals surface area contributed by atoms with Crippen LogP contribution in [0, 0.1) is 5.92 Å². The van der Waals surface area contributed by atoms with Crippen LogP contribution in [-0.2, 0) is 27.0 Å². The van der Waals surface area contributed by atoms with Gasteiger partial charge in [-0.3, -0.25) is 4.79 Å². The van der Waals surface area contributed by atoms with E-state index in [-0.39, 0.29) is 43.2 Å². The number of benzene rings is 1. The Bertz CT molecular complexity index is 1250. The van der Waals surface area contributed by atoms with Gasteiger partial charge in [0.2, 0.25) is 11.8 Å².